The van der Waals surface area contributed by atoms with Crippen molar-refractivity contribution in [1.29, 1.82) is 0 Å². The van der Waals surface area contributed by atoms with Gasteiger partial charge in [0.25, 0.3) is 11.8 Å². The van der Waals surface area contributed by atoms with Gasteiger partial charge < -0.3 is 9.80 Å². The summed E-state index contributed by atoms with van der Waals surface area (Å²) in [6.07, 6.45) is 4.84. The van der Waals surface area contributed by atoms with Gasteiger partial charge in [-0.15, -0.1) is 0 Å². The molecule has 3 aromatic rings. The Hall–Kier alpha value is -2.81. The van der Waals surface area contributed by atoms with Crippen molar-refractivity contribution in [2.75, 3.05) is 26.2 Å². The quantitative estimate of drug-likeness (QED) is 0.660. The van der Waals surface area contributed by atoms with Crippen LogP contribution in [0.25, 0.3) is 11.0 Å². The first-order valence-corrected chi connectivity index (χ1v) is 10.3. The monoisotopic (exact) mass is 396 g/mol. The molecule has 9 heteroatoms. The lowest BCUT2D eigenvalue weighted by molar-refractivity contribution is 0.0534. The Morgan fingerprint density at radius 1 is 0.893 bits per heavy atom. The van der Waals surface area contributed by atoms with E-state index in [1.54, 1.807) is 23.2 Å². The van der Waals surface area contributed by atoms with Gasteiger partial charge in [-0.3, -0.25) is 14.3 Å². The number of hydrogen-bond donors (Lipinski definition) is 0. The summed E-state index contributed by atoms with van der Waals surface area (Å²) in [5, 5.41) is 4.37. The van der Waals surface area contributed by atoms with Crippen LogP contribution in [0.2, 0.25) is 0 Å². The minimum absolute atomic E-state index is 0.0232. The van der Waals surface area contributed by atoms with Gasteiger partial charge in [0, 0.05) is 38.3 Å². The Kier molecular flexibility index (Phi) is 4.31. The molecule has 0 unspecified atom stereocenters. The molecule has 0 atom stereocenters. The van der Waals surface area contributed by atoms with E-state index in [4.69, 9.17) is 0 Å². The molecule has 0 aliphatic carbocycles. The standard InChI is InChI=1S/C19H20N6O2S/c26-18(13-4-5-15-16(11-13)22-28-21-15)23-7-9-24(10-8-23)19(27)14-12-20-25-6-2-1-3-17(14)25/h4-5,11-12H,1-3,6-10H2. The molecule has 1 saturated heterocycles. The largest absolute Gasteiger partial charge is 0.335 e. The smallest absolute Gasteiger partial charge is 0.257 e. The second-order valence-corrected chi connectivity index (χ2v) is 7.77. The average molecular weight is 396 g/mol. The topological polar surface area (TPSA) is 84.2 Å². The molecule has 2 aliphatic rings. The predicted molar refractivity (Wildman–Crippen MR) is 104 cm³/mol. The van der Waals surface area contributed by atoms with Crippen LogP contribution in [-0.4, -0.2) is 66.3 Å². The Bertz CT molecular complexity index is 1050. The molecule has 1 fully saturated rings. The summed E-state index contributed by atoms with van der Waals surface area (Å²) in [6, 6.07) is 5.41. The number of piperazine rings is 1. The molecule has 0 N–H and O–H groups in total. The minimum Gasteiger partial charge on any atom is -0.335 e. The van der Waals surface area contributed by atoms with Crippen LogP contribution < -0.4 is 0 Å². The molecular formula is C19H20N6O2S. The van der Waals surface area contributed by atoms with E-state index in [1.807, 2.05) is 15.6 Å². The number of aromatic nitrogens is 4. The van der Waals surface area contributed by atoms with Gasteiger partial charge in [-0.1, -0.05) is 0 Å². The number of amides is 2. The Morgan fingerprint density at radius 3 is 2.46 bits per heavy atom. The number of rotatable bonds is 2. The van der Waals surface area contributed by atoms with Crippen LogP contribution in [0.3, 0.4) is 0 Å². The maximum Gasteiger partial charge on any atom is 0.257 e. The summed E-state index contributed by atoms with van der Waals surface area (Å²) in [6.45, 7) is 3.03. The van der Waals surface area contributed by atoms with Crippen molar-refractivity contribution >= 4 is 34.6 Å². The van der Waals surface area contributed by atoms with Crippen molar-refractivity contribution in [3.8, 4) is 0 Å². The molecule has 0 saturated carbocycles. The van der Waals surface area contributed by atoms with Gasteiger partial charge in [0.05, 0.1) is 29.2 Å². The molecule has 28 heavy (non-hydrogen) atoms. The number of nitrogens with zero attached hydrogens (tertiary/aromatic N) is 6. The lowest BCUT2D eigenvalue weighted by atomic mass is 10.1. The maximum absolute atomic E-state index is 13.0. The third kappa shape index (κ3) is 2.95. The maximum atomic E-state index is 13.0. The van der Waals surface area contributed by atoms with Crippen LogP contribution >= 0.6 is 11.7 Å². The highest BCUT2D eigenvalue weighted by atomic mass is 32.1. The van der Waals surface area contributed by atoms with Gasteiger partial charge >= 0.3 is 0 Å². The fourth-order valence-corrected chi connectivity index (χ4v) is 4.50. The molecular weight excluding hydrogens is 376 g/mol. The zero-order valence-electron chi connectivity index (χ0n) is 15.4. The summed E-state index contributed by atoms with van der Waals surface area (Å²) in [5.41, 5.74) is 3.95. The van der Waals surface area contributed by atoms with E-state index < -0.39 is 0 Å². The summed E-state index contributed by atoms with van der Waals surface area (Å²) in [7, 11) is 0. The molecule has 0 bridgehead atoms. The van der Waals surface area contributed by atoms with E-state index in [2.05, 4.69) is 13.8 Å². The van der Waals surface area contributed by atoms with Gasteiger partial charge in [0.2, 0.25) is 0 Å². The normalized spacial score (nSPS) is 17.0. The van der Waals surface area contributed by atoms with E-state index in [-0.39, 0.29) is 11.8 Å². The lowest BCUT2D eigenvalue weighted by Gasteiger charge is -2.35. The summed E-state index contributed by atoms with van der Waals surface area (Å²) in [5.74, 6) is 0.00938. The Labute approximate surface area is 166 Å². The zero-order valence-corrected chi connectivity index (χ0v) is 16.2. The van der Waals surface area contributed by atoms with E-state index in [0.29, 0.717) is 31.7 Å². The number of fused-ring (bicyclic) bond motifs is 2. The van der Waals surface area contributed by atoms with Gasteiger partial charge in [0.15, 0.2) is 0 Å². The summed E-state index contributed by atoms with van der Waals surface area (Å²) >= 11 is 1.14. The van der Waals surface area contributed by atoms with Crippen molar-refractivity contribution in [1.82, 2.24) is 28.3 Å². The first-order chi connectivity index (χ1) is 13.7. The number of hydrogen-bond acceptors (Lipinski definition) is 6. The van der Waals surface area contributed by atoms with Crippen molar-refractivity contribution in [2.24, 2.45) is 0 Å². The predicted octanol–water partition coefficient (Wildman–Crippen LogP) is 1.82. The first-order valence-electron chi connectivity index (χ1n) is 9.56. The molecule has 2 aliphatic heterocycles. The average Bonchev–Trinajstić information content (AvgIpc) is 3.39. The van der Waals surface area contributed by atoms with Crippen molar-refractivity contribution in [2.45, 2.75) is 25.8 Å². The van der Waals surface area contributed by atoms with Gasteiger partial charge in [-0.25, -0.2) is 0 Å². The SMILES string of the molecule is O=C(c1ccc2nsnc2c1)N1CCN(C(=O)c2cnn3c2CCCC3)CC1. The van der Waals surface area contributed by atoms with Gasteiger partial charge in [0.1, 0.15) is 11.0 Å². The Balaban J connectivity index is 1.26. The minimum atomic E-state index is -0.0232. The van der Waals surface area contributed by atoms with E-state index in [1.165, 1.54) is 0 Å². The van der Waals surface area contributed by atoms with Crippen molar-refractivity contribution in [3.05, 3.63) is 41.2 Å². The number of carbonyl (C=O) groups excluding carboxylic acids is 2. The number of aryl methyl sites for hydroxylation is 1. The van der Waals surface area contributed by atoms with Gasteiger partial charge in [-0.2, -0.15) is 13.8 Å². The fourth-order valence-electron chi connectivity index (χ4n) is 3.98. The number of carbonyl (C=O) groups is 2. The third-order valence-electron chi connectivity index (χ3n) is 5.57. The van der Waals surface area contributed by atoms with E-state index >= 15 is 0 Å². The third-order valence-corrected chi connectivity index (χ3v) is 6.12. The highest BCUT2D eigenvalue weighted by molar-refractivity contribution is 7.00. The molecule has 2 aromatic heterocycles. The van der Waals surface area contributed by atoms with Crippen LogP contribution in [0.4, 0.5) is 0 Å². The molecule has 8 nitrogen and oxygen atoms in total. The molecule has 0 spiro atoms. The second-order valence-electron chi connectivity index (χ2n) is 7.24. The molecule has 144 valence electrons. The van der Waals surface area contributed by atoms with Crippen molar-refractivity contribution < 1.29 is 9.59 Å². The molecule has 5 rings (SSSR count). The van der Waals surface area contributed by atoms with Crippen LogP contribution in [0.5, 0.6) is 0 Å². The Morgan fingerprint density at radius 2 is 1.64 bits per heavy atom. The molecule has 0 radical (unpaired) electrons. The fraction of sp³-hybridized carbons (Fsp3) is 0.421. The highest BCUT2D eigenvalue weighted by Crippen LogP contribution is 2.21. The molecule has 1 aromatic carbocycles. The van der Waals surface area contributed by atoms with Gasteiger partial charge in [-0.05, 0) is 37.5 Å². The number of benzene rings is 1. The van der Waals surface area contributed by atoms with Crippen LogP contribution in [0.15, 0.2) is 24.4 Å². The summed E-state index contributed by atoms with van der Waals surface area (Å²) < 4.78 is 10.3. The van der Waals surface area contributed by atoms with Crippen molar-refractivity contribution in [3.63, 3.8) is 0 Å². The summed E-state index contributed by atoms with van der Waals surface area (Å²) in [4.78, 5) is 29.4. The highest BCUT2D eigenvalue weighted by Gasteiger charge is 2.28. The van der Waals surface area contributed by atoms with Crippen LogP contribution in [0, 0.1) is 0 Å². The lowest BCUT2D eigenvalue weighted by Crippen LogP contribution is -2.50. The van der Waals surface area contributed by atoms with Crippen LogP contribution in [0.1, 0.15) is 39.3 Å². The van der Waals surface area contributed by atoms with E-state index in [9.17, 15) is 9.59 Å². The molecule has 4 heterocycles. The van der Waals surface area contributed by atoms with E-state index in [0.717, 1.165) is 59.8 Å². The molecule has 2 amide bonds. The second kappa shape index (κ2) is 6.97. The van der Waals surface area contributed by atoms with Crippen LogP contribution in [-0.2, 0) is 13.0 Å². The zero-order chi connectivity index (χ0) is 19.1. The first kappa shape index (κ1) is 17.3.